The summed E-state index contributed by atoms with van der Waals surface area (Å²) in [5.41, 5.74) is 2.66. The molecule has 0 saturated heterocycles. The molecule has 10 heteroatoms. The van der Waals surface area contributed by atoms with Gasteiger partial charge in [-0.2, -0.15) is 0 Å². The van der Waals surface area contributed by atoms with Crippen molar-refractivity contribution in [3.05, 3.63) is 47.0 Å². The normalized spacial score (nSPS) is 28.0. The van der Waals surface area contributed by atoms with Crippen molar-refractivity contribution in [2.24, 2.45) is 22.7 Å². The topological polar surface area (TPSA) is 103 Å². The highest BCUT2D eigenvalue weighted by Gasteiger charge is 2.65. The minimum Gasteiger partial charge on any atom is -0.496 e. The number of aliphatic imine (C=N–C) groups is 1. The molecule has 2 fully saturated rings. The zero-order chi connectivity index (χ0) is 31.5. The summed E-state index contributed by atoms with van der Waals surface area (Å²) in [7, 11) is 3.53. The van der Waals surface area contributed by atoms with Crippen molar-refractivity contribution in [1.29, 1.82) is 0 Å². The van der Waals surface area contributed by atoms with Gasteiger partial charge in [0.1, 0.15) is 28.3 Å². The molecule has 2 aliphatic carbocycles. The Kier molecular flexibility index (Phi) is 7.66. The second kappa shape index (κ2) is 11.5. The van der Waals surface area contributed by atoms with Crippen LogP contribution in [0.1, 0.15) is 69.5 Å². The molecule has 4 heterocycles. The fraction of sp³-hybridized carbons (Fsp3) is 0.514. The molecule has 3 aromatic rings. The summed E-state index contributed by atoms with van der Waals surface area (Å²) in [5.74, 6) is 1.26. The number of allylic oxidation sites excluding steroid dienone is 1. The molecule has 9 nitrogen and oxygen atoms in total. The lowest BCUT2D eigenvalue weighted by Crippen LogP contribution is -2.37. The second-order valence-electron chi connectivity index (χ2n) is 13.2. The Labute approximate surface area is 267 Å². The lowest BCUT2D eigenvalue weighted by molar-refractivity contribution is -0.138. The molecule has 45 heavy (non-hydrogen) atoms. The monoisotopic (exact) mass is 628 g/mol. The summed E-state index contributed by atoms with van der Waals surface area (Å²) < 4.78 is 18.3. The highest BCUT2D eigenvalue weighted by atomic mass is 32.1. The Morgan fingerprint density at radius 1 is 1.11 bits per heavy atom. The van der Waals surface area contributed by atoms with Gasteiger partial charge in [-0.25, -0.2) is 19.8 Å². The van der Waals surface area contributed by atoms with E-state index < -0.39 is 5.54 Å². The van der Waals surface area contributed by atoms with E-state index in [0.717, 1.165) is 57.9 Å². The van der Waals surface area contributed by atoms with Crippen LogP contribution in [0.2, 0.25) is 0 Å². The van der Waals surface area contributed by atoms with Crippen LogP contribution in [0.4, 0.5) is 0 Å². The molecular weight excluding hydrogens is 588 g/mol. The van der Waals surface area contributed by atoms with Crippen LogP contribution in [0.15, 0.2) is 40.7 Å². The standard InChI is InChI=1S/C35H40N4O5S/c1-19(2)27-18-45-32(37-27)26-16-29(23-11-12-28(42-5)20(3)30(23)36-26)43-22-14-24-25(15-22)33(40)39(4)13-9-7-6-8-10-21-17-35(21)34(41)44-31(24)38-35/h8,10-12,16,18-19,21-22,24-25H,6-7,9,13-15,17H2,1-5H3/t21-,22-,24-,25-,35-/m1/s1. The molecule has 0 N–H and O–H groups in total. The predicted molar refractivity (Wildman–Crippen MR) is 174 cm³/mol. The maximum atomic E-state index is 13.9. The van der Waals surface area contributed by atoms with Gasteiger partial charge in [0.15, 0.2) is 11.4 Å². The van der Waals surface area contributed by atoms with Crippen LogP contribution < -0.4 is 9.47 Å². The summed E-state index contributed by atoms with van der Waals surface area (Å²) in [6.45, 7) is 6.94. The van der Waals surface area contributed by atoms with E-state index in [1.54, 1.807) is 18.4 Å². The first kappa shape index (κ1) is 29.9. The van der Waals surface area contributed by atoms with Crippen LogP contribution >= 0.6 is 11.3 Å². The quantitative estimate of drug-likeness (QED) is 0.235. The van der Waals surface area contributed by atoms with Crippen LogP contribution in [0.5, 0.6) is 11.5 Å². The third-order valence-electron chi connectivity index (χ3n) is 9.85. The molecule has 2 aliphatic heterocycles. The summed E-state index contributed by atoms with van der Waals surface area (Å²) in [6, 6.07) is 5.88. The van der Waals surface area contributed by atoms with E-state index in [4.69, 9.17) is 29.2 Å². The van der Waals surface area contributed by atoms with Crippen molar-refractivity contribution < 1.29 is 23.8 Å². The van der Waals surface area contributed by atoms with Crippen LogP contribution in [-0.4, -0.2) is 65.0 Å². The third kappa shape index (κ3) is 5.30. The number of carbonyl (C=O) groups is 2. The predicted octanol–water partition coefficient (Wildman–Crippen LogP) is 6.48. The van der Waals surface area contributed by atoms with Crippen molar-refractivity contribution in [2.45, 2.75) is 76.9 Å². The molecule has 1 spiro atoms. The lowest BCUT2D eigenvalue weighted by atomic mass is 9.94. The van der Waals surface area contributed by atoms with Gasteiger partial charge in [-0.15, -0.1) is 11.3 Å². The number of fused-ring (bicyclic) bond motifs is 3. The summed E-state index contributed by atoms with van der Waals surface area (Å²) in [5, 5.41) is 3.78. The fourth-order valence-corrected chi connectivity index (χ4v) is 7.97. The van der Waals surface area contributed by atoms with Crippen molar-refractivity contribution in [2.75, 3.05) is 20.7 Å². The van der Waals surface area contributed by atoms with Crippen molar-refractivity contribution >= 4 is 40.0 Å². The van der Waals surface area contributed by atoms with Gasteiger partial charge in [-0.05, 0) is 63.5 Å². The number of nitrogens with zero attached hydrogens (tertiary/aromatic N) is 4. The fourth-order valence-electron chi connectivity index (χ4n) is 7.03. The number of rotatable bonds is 5. The molecule has 0 radical (unpaired) electrons. The van der Waals surface area contributed by atoms with Crippen molar-refractivity contribution in [1.82, 2.24) is 14.9 Å². The minimum atomic E-state index is -0.816. The average Bonchev–Trinajstić information content (AvgIpc) is 3.35. The first-order valence-corrected chi connectivity index (χ1v) is 16.9. The van der Waals surface area contributed by atoms with E-state index in [-0.39, 0.29) is 35.7 Å². The molecule has 7 rings (SSSR count). The summed E-state index contributed by atoms with van der Waals surface area (Å²) in [6.07, 6.45) is 8.53. The highest BCUT2D eigenvalue weighted by Crippen LogP contribution is 2.53. The van der Waals surface area contributed by atoms with Crippen LogP contribution in [0, 0.1) is 24.7 Å². The van der Waals surface area contributed by atoms with Crippen molar-refractivity contribution in [3.8, 4) is 22.2 Å². The number of amides is 1. The smallest absolute Gasteiger partial charge is 0.341 e. The number of thiazole rings is 1. The molecular formula is C35H40N4O5S. The van der Waals surface area contributed by atoms with E-state index in [1.165, 1.54) is 0 Å². The average molecular weight is 629 g/mol. The van der Waals surface area contributed by atoms with Gasteiger partial charge in [0.05, 0.1) is 30.2 Å². The van der Waals surface area contributed by atoms with Gasteiger partial charge in [-0.1, -0.05) is 26.0 Å². The molecule has 236 valence electrons. The van der Waals surface area contributed by atoms with E-state index in [0.29, 0.717) is 43.4 Å². The van der Waals surface area contributed by atoms with E-state index in [1.807, 2.05) is 37.1 Å². The molecule has 2 aromatic heterocycles. The maximum absolute atomic E-state index is 13.9. The Morgan fingerprint density at radius 2 is 1.93 bits per heavy atom. The first-order valence-electron chi connectivity index (χ1n) is 16.0. The number of hydrogen-bond donors (Lipinski definition) is 0. The Morgan fingerprint density at radius 3 is 2.71 bits per heavy atom. The first-order chi connectivity index (χ1) is 21.7. The number of ether oxygens (including phenoxy) is 3. The summed E-state index contributed by atoms with van der Waals surface area (Å²) in [4.78, 5) is 43.6. The zero-order valence-electron chi connectivity index (χ0n) is 26.5. The number of aromatic nitrogens is 2. The number of methoxy groups -OCH3 is 1. The molecule has 2 bridgehead atoms. The van der Waals surface area contributed by atoms with Crippen LogP contribution in [0.3, 0.4) is 0 Å². The Bertz CT molecular complexity index is 1730. The number of pyridine rings is 1. The summed E-state index contributed by atoms with van der Waals surface area (Å²) >= 11 is 1.57. The van der Waals surface area contributed by atoms with Gasteiger partial charge < -0.3 is 19.1 Å². The number of esters is 1. The molecule has 5 atom stereocenters. The third-order valence-corrected chi connectivity index (χ3v) is 10.7. The van der Waals surface area contributed by atoms with E-state index in [2.05, 4.69) is 31.4 Å². The van der Waals surface area contributed by atoms with Crippen LogP contribution in [0.25, 0.3) is 21.6 Å². The van der Waals surface area contributed by atoms with Crippen molar-refractivity contribution in [3.63, 3.8) is 0 Å². The number of benzene rings is 1. The Balaban J connectivity index is 1.25. The molecule has 1 amide bonds. The van der Waals surface area contributed by atoms with Gasteiger partial charge in [0.2, 0.25) is 5.91 Å². The van der Waals surface area contributed by atoms with E-state index in [9.17, 15) is 9.59 Å². The van der Waals surface area contributed by atoms with E-state index >= 15 is 0 Å². The van der Waals surface area contributed by atoms with Gasteiger partial charge in [0.25, 0.3) is 0 Å². The van der Waals surface area contributed by atoms with Gasteiger partial charge in [-0.3, -0.25) is 4.79 Å². The molecule has 1 aromatic carbocycles. The molecule has 4 aliphatic rings. The SMILES string of the molecule is COc1ccc2c(O[C@H]3C[C@H]4C(=O)N(C)CCCCC=C[C@@H]5C[C@@]56N=C(OC6=O)[C@@H]4C3)cc(-c3nc(C(C)C)cs3)nc2c1C. The largest absolute Gasteiger partial charge is 0.496 e. The lowest BCUT2D eigenvalue weighted by Gasteiger charge is -2.24. The highest BCUT2D eigenvalue weighted by molar-refractivity contribution is 7.13. The second-order valence-corrected chi connectivity index (χ2v) is 14.1. The van der Waals surface area contributed by atoms with Gasteiger partial charge >= 0.3 is 5.97 Å². The zero-order valence-corrected chi connectivity index (χ0v) is 27.4. The number of carbonyl (C=O) groups excluding carboxylic acids is 2. The molecule has 2 saturated carbocycles. The number of hydrogen-bond acceptors (Lipinski definition) is 9. The van der Waals surface area contributed by atoms with Gasteiger partial charge in [0, 0.05) is 41.9 Å². The number of aryl methyl sites for hydroxylation is 1. The Hall–Kier alpha value is -3.79. The maximum Gasteiger partial charge on any atom is 0.341 e. The minimum absolute atomic E-state index is 0.0515. The molecule has 0 unspecified atom stereocenters. The van der Waals surface area contributed by atoms with Crippen LogP contribution in [-0.2, 0) is 14.3 Å².